The topological polar surface area (TPSA) is 45.4 Å². The van der Waals surface area contributed by atoms with Gasteiger partial charge in [-0.15, -0.1) is 0 Å². The molecule has 0 saturated carbocycles. The maximum absolute atomic E-state index is 8.91. The third-order valence-corrected chi connectivity index (χ3v) is 3.21. The van der Waals surface area contributed by atoms with Crippen molar-refractivity contribution in [1.29, 1.82) is 0 Å². The second kappa shape index (κ2) is 6.55. The zero-order chi connectivity index (χ0) is 13.7. The fourth-order valence-electron chi connectivity index (χ4n) is 2.13. The summed E-state index contributed by atoms with van der Waals surface area (Å²) in [5.74, 6) is 1.81. The first-order valence-electron chi connectivity index (χ1n) is 6.72. The molecule has 2 N–H and O–H groups in total. The fraction of sp³-hybridized carbons (Fsp3) is 0.375. The first-order chi connectivity index (χ1) is 9.20. The van der Waals surface area contributed by atoms with E-state index in [1.165, 1.54) is 0 Å². The Morgan fingerprint density at radius 1 is 1.11 bits per heavy atom. The number of aliphatic hydroxyl groups is 1. The number of furan rings is 1. The van der Waals surface area contributed by atoms with Gasteiger partial charge in [0.1, 0.15) is 11.5 Å². The van der Waals surface area contributed by atoms with Gasteiger partial charge in [-0.2, -0.15) is 0 Å². The van der Waals surface area contributed by atoms with E-state index >= 15 is 0 Å². The summed E-state index contributed by atoms with van der Waals surface area (Å²) in [6.45, 7) is 4.34. The minimum atomic E-state index is 0.138. The lowest BCUT2D eigenvalue weighted by Crippen LogP contribution is -2.29. The molecule has 1 heterocycles. The van der Waals surface area contributed by atoms with Crippen LogP contribution in [-0.2, 0) is 0 Å². The molecule has 0 fully saturated rings. The van der Waals surface area contributed by atoms with Crippen molar-refractivity contribution < 1.29 is 9.52 Å². The normalized spacial score (nSPS) is 14.3. The zero-order valence-corrected chi connectivity index (χ0v) is 11.5. The molecular formula is C16H21NO2. The third-order valence-electron chi connectivity index (χ3n) is 3.21. The first-order valence-corrected chi connectivity index (χ1v) is 6.72. The summed E-state index contributed by atoms with van der Waals surface area (Å²) in [5, 5.41) is 12.3. The van der Waals surface area contributed by atoms with Crippen LogP contribution in [0.4, 0.5) is 0 Å². The predicted octanol–water partition coefficient (Wildman–Crippen LogP) is 3.37. The molecule has 3 nitrogen and oxygen atoms in total. The lowest BCUT2D eigenvalue weighted by molar-refractivity contribution is 0.261. The van der Waals surface area contributed by atoms with Gasteiger partial charge in [0, 0.05) is 18.2 Å². The van der Waals surface area contributed by atoms with Crippen molar-refractivity contribution in [2.24, 2.45) is 0 Å². The fourth-order valence-corrected chi connectivity index (χ4v) is 2.13. The van der Waals surface area contributed by atoms with Gasteiger partial charge in [0.25, 0.3) is 0 Å². The summed E-state index contributed by atoms with van der Waals surface area (Å²) in [6, 6.07) is 14.5. The maximum atomic E-state index is 8.91. The summed E-state index contributed by atoms with van der Waals surface area (Å²) < 4.78 is 5.89. The minimum Gasteiger partial charge on any atom is -0.459 e. The molecule has 19 heavy (non-hydrogen) atoms. The van der Waals surface area contributed by atoms with E-state index in [-0.39, 0.29) is 18.7 Å². The Balaban J connectivity index is 2.04. The van der Waals surface area contributed by atoms with E-state index in [9.17, 15) is 0 Å². The molecule has 2 aromatic rings. The highest BCUT2D eigenvalue weighted by Gasteiger charge is 2.13. The van der Waals surface area contributed by atoms with E-state index in [0.717, 1.165) is 23.5 Å². The molecule has 1 aromatic carbocycles. The Kier molecular flexibility index (Phi) is 4.77. The van der Waals surface area contributed by atoms with Crippen LogP contribution >= 0.6 is 0 Å². The second-order valence-electron chi connectivity index (χ2n) is 4.87. The quantitative estimate of drug-likeness (QED) is 0.836. The Bertz CT molecular complexity index is 492. The Morgan fingerprint density at radius 2 is 1.84 bits per heavy atom. The van der Waals surface area contributed by atoms with Crippen LogP contribution < -0.4 is 5.32 Å². The van der Waals surface area contributed by atoms with Crippen LogP contribution in [0.2, 0.25) is 0 Å². The van der Waals surface area contributed by atoms with Crippen molar-refractivity contribution in [3.8, 4) is 11.3 Å². The van der Waals surface area contributed by atoms with Gasteiger partial charge in [0.2, 0.25) is 0 Å². The van der Waals surface area contributed by atoms with E-state index < -0.39 is 0 Å². The molecule has 0 spiro atoms. The highest BCUT2D eigenvalue weighted by atomic mass is 16.3. The van der Waals surface area contributed by atoms with E-state index in [2.05, 4.69) is 19.2 Å². The van der Waals surface area contributed by atoms with Crippen LogP contribution in [0.1, 0.15) is 32.1 Å². The van der Waals surface area contributed by atoms with E-state index in [4.69, 9.17) is 9.52 Å². The van der Waals surface area contributed by atoms with Gasteiger partial charge in [-0.3, -0.25) is 0 Å². The second-order valence-corrected chi connectivity index (χ2v) is 4.87. The lowest BCUT2D eigenvalue weighted by atomic mass is 10.2. The molecule has 0 radical (unpaired) electrons. The van der Waals surface area contributed by atoms with Crippen molar-refractivity contribution in [3.63, 3.8) is 0 Å². The van der Waals surface area contributed by atoms with Crippen LogP contribution in [0, 0.1) is 0 Å². The van der Waals surface area contributed by atoms with E-state index in [1.807, 2.05) is 42.5 Å². The average Bonchev–Trinajstić information content (AvgIpc) is 2.89. The first kappa shape index (κ1) is 13.8. The third kappa shape index (κ3) is 3.69. The van der Waals surface area contributed by atoms with Crippen LogP contribution in [0.25, 0.3) is 11.3 Å². The Hall–Kier alpha value is -1.58. The van der Waals surface area contributed by atoms with Crippen LogP contribution in [0.5, 0.6) is 0 Å². The monoisotopic (exact) mass is 259 g/mol. The number of benzene rings is 1. The number of rotatable bonds is 6. The molecule has 1 aromatic heterocycles. The minimum absolute atomic E-state index is 0.138. The molecular weight excluding hydrogens is 238 g/mol. The summed E-state index contributed by atoms with van der Waals surface area (Å²) in [6.07, 6.45) is 0.747. The molecule has 0 amide bonds. The van der Waals surface area contributed by atoms with Crippen LogP contribution in [0.15, 0.2) is 46.9 Å². The Morgan fingerprint density at radius 3 is 2.53 bits per heavy atom. The SMILES string of the molecule is CC(N[C@H](C)CCO)c1ccc(-c2ccccc2)o1. The highest BCUT2D eigenvalue weighted by molar-refractivity contribution is 5.57. The van der Waals surface area contributed by atoms with Crippen molar-refractivity contribution in [1.82, 2.24) is 5.32 Å². The molecule has 0 aliphatic rings. The van der Waals surface area contributed by atoms with Gasteiger partial charge in [0.05, 0.1) is 6.04 Å². The van der Waals surface area contributed by atoms with E-state index in [1.54, 1.807) is 0 Å². The van der Waals surface area contributed by atoms with E-state index in [0.29, 0.717) is 0 Å². The number of nitrogens with one attached hydrogen (secondary N) is 1. The molecule has 0 aliphatic carbocycles. The molecule has 2 atom stereocenters. The molecule has 102 valence electrons. The number of hydrogen-bond donors (Lipinski definition) is 2. The van der Waals surface area contributed by atoms with Crippen LogP contribution in [-0.4, -0.2) is 17.8 Å². The standard InChI is InChI=1S/C16H21NO2/c1-12(10-11-18)17-13(2)15-8-9-16(19-15)14-6-4-3-5-7-14/h3-9,12-13,17-18H,10-11H2,1-2H3/t12-,13?/m1/s1. The summed E-state index contributed by atoms with van der Waals surface area (Å²) in [7, 11) is 0. The van der Waals surface area contributed by atoms with Gasteiger partial charge in [-0.05, 0) is 32.4 Å². The Labute approximate surface area is 114 Å². The highest BCUT2D eigenvalue weighted by Crippen LogP contribution is 2.25. The van der Waals surface area contributed by atoms with Crippen LogP contribution in [0.3, 0.4) is 0 Å². The van der Waals surface area contributed by atoms with Gasteiger partial charge in [0.15, 0.2) is 0 Å². The number of aliphatic hydroxyl groups excluding tert-OH is 1. The van der Waals surface area contributed by atoms with Gasteiger partial charge >= 0.3 is 0 Å². The molecule has 0 aliphatic heterocycles. The number of hydrogen-bond acceptors (Lipinski definition) is 3. The van der Waals surface area contributed by atoms with Crippen molar-refractivity contribution in [3.05, 3.63) is 48.2 Å². The smallest absolute Gasteiger partial charge is 0.134 e. The molecule has 1 unspecified atom stereocenters. The summed E-state index contributed by atoms with van der Waals surface area (Å²) in [5.41, 5.74) is 1.09. The van der Waals surface area contributed by atoms with Crippen molar-refractivity contribution >= 4 is 0 Å². The van der Waals surface area contributed by atoms with Crippen molar-refractivity contribution in [2.75, 3.05) is 6.61 Å². The maximum Gasteiger partial charge on any atom is 0.134 e. The van der Waals surface area contributed by atoms with Crippen molar-refractivity contribution in [2.45, 2.75) is 32.4 Å². The van der Waals surface area contributed by atoms with Gasteiger partial charge in [-0.1, -0.05) is 30.3 Å². The average molecular weight is 259 g/mol. The lowest BCUT2D eigenvalue weighted by Gasteiger charge is -2.17. The van der Waals surface area contributed by atoms with Gasteiger partial charge in [-0.25, -0.2) is 0 Å². The largest absolute Gasteiger partial charge is 0.459 e. The summed E-state index contributed by atoms with van der Waals surface area (Å²) >= 11 is 0. The van der Waals surface area contributed by atoms with Gasteiger partial charge < -0.3 is 14.8 Å². The molecule has 0 bridgehead atoms. The molecule has 2 rings (SSSR count). The molecule has 3 heteroatoms. The zero-order valence-electron chi connectivity index (χ0n) is 11.5. The molecule has 0 saturated heterocycles. The predicted molar refractivity (Wildman–Crippen MR) is 76.9 cm³/mol. The summed E-state index contributed by atoms with van der Waals surface area (Å²) in [4.78, 5) is 0.